The normalized spacial score (nSPS) is 19.3. The van der Waals surface area contributed by atoms with Crippen molar-refractivity contribution in [3.63, 3.8) is 0 Å². The van der Waals surface area contributed by atoms with Crippen molar-refractivity contribution in [2.45, 2.75) is 38.0 Å². The Morgan fingerprint density at radius 2 is 2.04 bits per heavy atom. The second kappa shape index (κ2) is 6.84. The molecule has 1 fully saturated rings. The molecule has 27 heavy (non-hydrogen) atoms. The number of aromatic nitrogens is 4. The molecule has 2 aliphatic rings. The van der Waals surface area contributed by atoms with Crippen LogP contribution in [-0.4, -0.2) is 44.0 Å². The fourth-order valence-corrected chi connectivity index (χ4v) is 5.02. The van der Waals surface area contributed by atoms with Crippen LogP contribution < -0.4 is 0 Å². The van der Waals surface area contributed by atoms with Gasteiger partial charge >= 0.3 is 0 Å². The molecule has 1 saturated heterocycles. The third-order valence-electron chi connectivity index (χ3n) is 5.32. The van der Waals surface area contributed by atoms with E-state index >= 15 is 0 Å². The zero-order chi connectivity index (χ0) is 18.2. The Morgan fingerprint density at radius 1 is 1.19 bits per heavy atom. The van der Waals surface area contributed by atoms with E-state index < -0.39 is 0 Å². The summed E-state index contributed by atoms with van der Waals surface area (Å²) in [5.74, 6) is 1.60. The summed E-state index contributed by atoms with van der Waals surface area (Å²) in [4.78, 5) is 29.1. The SMILES string of the molecule is O=C(c1csc2c1CCCC2)N1CC[C@H](c2nc(-c3ncccn3)no2)C1. The molecule has 5 rings (SSSR count). The molecule has 1 atom stereocenters. The highest BCUT2D eigenvalue weighted by Crippen LogP contribution is 2.33. The van der Waals surface area contributed by atoms with Crippen LogP contribution >= 0.6 is 11.3 Å². The van der Waals surface area contributed by atoms with Gasteiger partial charge < -0.3 is 9.42 Å². The summed E-state index contributed by atoms with van der Waals surface area (Å²) in [5.41, 5.74) is 2.18. The van der Waals surface area contributed by atoms with Crippen molar-refractivity contribution in [1.29, 1.82) is 0 Å². The van der Waals surface area contributed by atoms with Crippen LogP contribution in [0.1, 0.15) is 51.9 Å². The zero-order valence-corrected chi connectivity index (χ0v) is 15.6. The monoisotopic (exact) mass is 381 g/mol. The Hall–Kier alpha value is -2.61. The smallest absolute Gasteiger partial charge is 0.255 e. The standard InChI is InChI=1S/C19H19N5O2S/c25-19(14-11-27-15-5-2-1-4-13(14)15)24-9-6-12(10-24)18-22-17(23-26-18)16-20-7-3-8-21-16/h3,7-8,11-12H,1-2,4-6,9-10H2/t12-/m0/s1. The summed E-state index contributed by atoms with van der Waals surface area (Å²) in [6, 6.07) is 1.74. The van der Waals surface area contributed by atoms with Crippen molar-refractivity contribution in [2.75, 3.05) is 13.1 Å². The topological polar surface area (TPSA) is 85.0 Å². The number of likely N-dealkylation sites (tertiary alicyclic amines) is 1. The van der Waals surface area contributed by atoms with Gasteiger partial charge in [0.15, 0.2) is 0 Å². The fourth-order valence-electron chi connectivity index (χ4n) is 3.90. The van der Waals surface area contributed by atoms with Crippen molar-refractivity contribution in [3.8, 4) is 11.6 Å². The number of hydrogen-bond acceptors (Lipinski definition) is 7. The molecule has 0 saturated carbocycles. The summed E-state index contributed by atoms with van der Waals surface area (Å²) in [7, 11) is 0. The molecule has 1 amide bonds. The summed E-state index contributed by atoms with van der Waals surface area (Å²) in [6.45, 7) is 1.33. The van der Waals surface area contributed by atoms with Crippen LogP contribution in [0.5, 0.6) is 0 Å². The quantitative estimate of drug-likeness (QED) is 0.693. The lowest BCUT2D eigenvalue weighted by molar-refractivity contribution is 0.0789. The van der Waals surface area contributed by atoms with Crippen LogP contribution in [0, 0.1) is 0 Å². The van der Waals surface area contributed by atoms with E-state index in [4.69, 9.17) is 4.52 Å². The van der Waals surface area contributed by atoms with Gasteiger partial charge in [0.05, 0.1) is 11.5 Å². The number of rotatable bonds is 3. The molecule has 0 unspecified atom stereocenters. The van der Waals surface area contributed by atoms with Crippen molar-refractivity contribution >= 4 is 17.2 Å². The van der Waals surface area contributed by atoms with Crippen molar-refractivity contribution in [3.05, 3.63) is 45.7 Å². The van der Waals surface area contributed by atoms with E-state index in [2.05, 4.69) is 20.1 Å². The van der Waals surface area contributed by atoms with E-state index in [0.717, 1.165) is 24.8 Å². The number of amides is 1. The molecule has 0 aromatic carbocycles. The lowest BCUT2D eigenvalue weighted by Crippen LogP contribution is -2.29. The van der Waals surface area contributed by atoms with Crippen LogP contribution in [0.15, 0.2) is 28.4 Å². The Kier molecular flexibility index (Phi) is 4.20. The van der Waals surface area contributed by atoms with Gasteiger partial charge in [-0.2, -0.15) is 4.98 Å². The van der Waals surface area contributed by atoms with Crippen molar-refractivity contribution in [1.82, 2.24) is 25.0 Å². The summed E-state index contributed by atoms with van der Waals surface area (Å²) in [6.07, 6.45) is 8.68. The first-order valence-electron chi connectivity index (χ1n) is 9.29. The van der Waals surface area contributed by atoms with E-state index in [1.807, 2.05) is 10.3 Å². The van der Waals surface area contributed by atoms with Crippen LogP contribution in [-0.2, 0) is 12.8 Å². The van der Waals surface area contributed by atoms with Gasteiger partial charge in [0.1, 0.15) is 0 Å². The second-order valence-electron chi connectivity index (χ2n) is 7.02. The summed E-state index contributed by atoms with van der Waals surface area (Å²) >= 11 is 1.73. The summed E-state index contributed by atoms with van der Waals surface area (Å²) < 4.78 is 5.44. The Balaban J connectivity index is 1.31. The van der Waals surface area contributed by atoms with Gasteiger partial charge in [0.25, 0.3) is 5.91 Å². The first-order chi connectivity index (χ1) is 13.3. The molecule has 138 valence electrons. The van der Waals surface area contributed by atoms with Gasteiger partial charge in [-0.25, -0.2) is 9.97 Å². The van der Waals surface area contributed by atoms with Gasteiger partial charge in [-0.1, -0.05) is 5.16 Å². The molecule has 1 aliphatic heterocycles. The number of carbonyl (C=O) groups excluding carboxylic acids is 1. The number of carbonyl (C=O) groups is 1. The predicted molar refractivity (Wildman–Crippen MR) is 99.5 cm³/mol. The third kappa shape index (κ3) is 3.03. The number of nitrogens with zero attached hydrogens (tertiary/aromatic N) is 5. The minimum Gasteiger partial charge on any atom is -0.338 e. The highest BCUT2D eigenvalue weighted by atomic mass is 32.1. The maximum atomic E-state index is 13.0. The first-order valence-corrected chi connectivity index (χ1v) is 10.2. The molecular formula is C19H19N5O2S. The fraction of sp³-hybridized carbons (Fsp3) is 0.421. The van der Waals surface area contributed by atoms with E-state index in [-0.39, 0.29) is 11.8 Å². The average Bonchev–Trinajstić information content (AvgIpc) is 3.46. The predicted octanol–water partition coefficient (Wildman–Crippen LogP) is 3.10. The molecule has 0 bridgehead atoms. The number of thiophene rings is 1. The molecule has 0 spiro atoms. The van der Waals surface area contributed by atoms with Crippen molar-refractivity contribution in [2.24, 2.45) is 0 Å². The molecule has 1 aliphatic carbocycles. The van der Waals surface area contributed by atoms with Crippen LogP contribution in [0.25, 0.3) is 11.6 Å². The molecule has 4 heterocycles. The Labute approximate surface area is 160 Å². The Morgan fingerprint density at radius 3 is 2.93 bits per heavy atom. The highest BCUT2D eigenvalue weighted by molar-refractivity contribution is 7.10. The van der Waals surface area contributed by atoms with Gasteiger partial charge in [-0.3, -0.25) is 4.79 Å². The van der Waals surface area contributed by atoms with E-state index in [1.165, 1.54) is 23.3 Å². The van der Waals surface area contributed by atoms with Crippen LogP contribution in [0.2, 0.25) is 0 Å². The minimum absolute atomic E-state index is 0.0633. The molecule has 3 aromatic heterocycles. The van der Waals surface area contributed by atoms with Gasteiger partial charge in [-0.15, -0.1) is 11.3 Å². The maximum absolute atomic E-state index is 13.0. The van der Waals surface area contributed by atoms with Gasteiger partial charge in [0.2, 0.25) is 17.5 Å². The second-order valence-corrected chi connectivity index (χ2v) is 7.99. The number of hydrogen-bond donors (Lipinski definition) is 0. The third-order valence-corrected chi connectivity index (χ3v) is 6.41. The highest BCUT2D eigenvalue weighted by Gasteiger charge is 2.33. The van der Waals surface area contributed by atoms with E-state index in [1.54, 1.807) is 29.8 Å². The lowest BCUT2D eigenvalue weighted by atomic mass is 9.95. The molecule has 3 aromatic rings. The summed E-state index contributed by atoms with van der Waals surface area (Å²) in [5, 5.41) is 6.04. The maximum Gasteiger partial charge on any atom is 0.255 e. The minimum atomic E-state index is 0.0633. The zero-order valence-electron chi connectivity index (χ0n) is 14.8. The van der Waals surface area contributed by atoms with Crippen LogP contribution in [0.3, 0.4) is 0 Å². The Bertz CT molecular complexity index is 968. The average molecular weight is 381 g/mol. The number of aryl methyl sites for hydroxylation is 1. The van der Waals surface area contributed by atoms with Gasteiger partial charge in [0, 0.05) is 35.7 Å². The van der Waals surface area contributed by atoms with E-state index in [9.17, 15) is 4.79 Å². The molecule has 0 radical (unpaired) electrons. The number of fused-ring (bicyclic) bond motifs is 1. The molecular weight excluding hydrogens is 362 g/mol. The molecule has 7 nitrogen and oxygen atoms in total. The first kappa shape index (κ1) is 16.6. The molecule has 0 N–H and O–H groups in total. The van der Waals surface area contributed by atoms with Crippen LogP contribution in [0.4, 0.5) is 0 Å². The van der Waals surface area contributed by atoms with E-state index in [0.29, 0.717) is 30.6 Å². The largest absolute Gasteiger partial charge is 0.338 e. The lowest BCUT2D eigenvalue weighted by Gasteiger charge is -2.18. The van der Waals surface area contributed by atoms with Gasteiger partial charge in [-0.05, 0) is 43.7 Å². The molecule has 8 heteroatoms. The van der Waals surface area contributed by atoms with Crippen molar-refractivity contribution < 1.29 is 9.32 Å².